The predicted octanol–water partition coefficient (Wildman–Crippen LogP) is 14.4. The van der Waals surface area contributed by atoms with Crippen LogP contribution in [0.5, 0.6) is 0 Å². The van der Waals surface area contributed by atoms with Crippen LogP contribution in [0.3, 0.4) is 0 Å². The number of nitrogens with zero attached hydrogens (tertiary/aromatic N) is 2. The Bertz CT molecular complexity index is 1660. The summed E-state index contributed by atoms with van der Waals surface area (Å²) in [6.45, 7) is 23.1. The SMILES string of the molecule is CCCCCCC1=C(c2cc(CCC)c(CCC)c(CCC)c2)[N+](=[N-])C(c2cc(C)c(C)c(C)c2)=C1.[CH2-]Cc1ccccc1.[CH2-]Cc1ccccc1.[Ni+2]. The molecule has 4 aromatic rings. The molecule has 0 saturated carbocycles. The summed E-state index contributed by atoms with van der Waals surface area (Å²) in [6.07, 6.45) is 16.7. The van der Waals surface area contributed by atoms with Crippen LogP contribution in [0.25, 0.3) is 16.9 Å². The molecule has 0 aromatic heterocycles. The van der Waals surface area contributed by atoms with E-state index in [1.807, 2.05) is 36.4 Å². The molecule has 3 heteroatoms. The van der Waals surface area contributed by atoms with Gasteiger partial charge in [0.15, 0.2) is 0 Å². The van der Waals surface area contributed by atoms with Gasteiger partial charge >= 0.3 is 16.5 Å². The molecule has 1 heterocycles. The normalized spacial score (nSPS) is 12.0. The van der Waals surface area contributed by atoms with E-state index in [4.69, 9.17) is 0 Å². The molecule has 0 bridgehead atoms. The molecule has 0 atom stereocenters. The van der Waals surface area contributed by atoms with Crippen LogP contribution < -0.4 is 0 Å². The number of unbranched alkanes of at least 4 members (excludes halogenated alkanes) is 3. The van der Waals surface area contributed by atoms with Gasteiger partial charge in [-0.25, -0.2) is 4.70 Å². The number of hydrogen-bond donors (Lipinski definition) is 0. The van der Waals surface area contributed by atoms with E-state index in [-0.39, 0.29) is 16.5 Å². The maximum Gasteiger partial charge on any atom is 2.00 e. The quantitative estimate of drug-likeness (QED) is 0.0500. The molecular weight excluding hydrogens is 687 g/mol. The van der Waals surface area contributed by atoms with E-state index < -0.39 is 0 Å². The van der Waals surface area contributed by atoms with E-state index in [9.17, 15) is 5.53 Å². The second-order valence-corrected chi connectivity index (χ2v) is 14.3. The van der Waals surface area contributed by atoms with Gasteiger partial charge in [-0.15, -0.1) is 0 Å². The third-order valence-corrected chi connectivity index (χ3v) is 10.1. The average molecular weight is 754 g/mol. The Hall–Kier alpha value is -3.55. The first-order valence-corrected chi connectivity index (χ1v) is 20.1. The predicted molar refractivity (Wildman–Crippen MR) is 227 cm³/mol. The molecule has 0 N–H and O–H groups in total. The van der Waals surface area contributed by atoms with Gasteiger partial charge in [0.2, 0.25) is 11.4 Å². The van der Waals surface area contributed by atoms with Crippen molar-refractivity contribution in [2.45, 2.75) is 132 Å². The number of rotatable bonds is 15. The van der Waals surface area contributed by atoms with Crippen molar-refractivity contribution in [2.24, 2.45) is 0 Å². The van der Waals surface area contributed by atoms with Gasteiger partial charge in [0.1, 0.15) is 0 Å². The molecule has 0 radical (unpaired) electrons. The number of benzene rings is 4. The first kappa shape index (κ1) is 45.6. The summed E-state index contributed by atoms with van der Waals surface area (Å²) in [5.74, 6) is 0. The molecule has 0 unspecified atom stereocenters. The molecule has 53 heavy (non-hydrogen) atoms. The van der Waals surface area contributed by atoms with Gasteiger partial charge in [-0.2, -0.15) is 12.8 Å². The van der Waals surface area contributed by atoms with Gasteiger partial charge in [0.25, 0.3) is 0 Å². The van der Waals surface area contributed by atoms with Gasteiger partial charge in [-0.1, -0.05) is 138 Å². The maximum atomic E-state index is 11.7. The molecule has 5 rings (SSSR count). The fourth-order valence-electron chi connectivity index (χ4n) is 6.96. The summed E-state index contributed by atoms with van der Waals surface area (Å²) in [4.78, 5) is 0. The van der Waals surface area contributed by atoms with Gasteiger partial charge in [-0.3, -0.25) is 0 Å². The minimum atomic E-state index is 0. The molecule has 2 nitrogen and oxygen atoms in total. The van der Waals surface area contributed by atoms with Crippen molar-refractivity contribution in [3.63, 3.8) is 0 Å². The molecule has 0 amide bonds. The molecular formula is C50H66N2Ni. The second-order valence-electron chi connectivity index (χ2n) is 14.3. The molecule has 0 aliphatic carbocycles. The van der Waals surface area contributed by atoms with E-state index >= 15 is 0 Å². The number of hydrogen-bond acceptors (Lipinski definition) is 0. The molecule has 1 aliphatic heterocycles. The van der Waals surface area contributed by atoms with Crippen LogP contribution in [-0.4, -0.2) is 4.70 Å². The van der Waals surface area contributed by atoms with Crippen LogP contribution >= 0.6 is 0 Å². The zero-order valence-corrected chi connectivity index (χ0v) is 35.0. The Morgan fingerprint density at radius 1 is 0.566 bits per heavy atom. The van der Waals surface area contributed by atoms with Crippen molar-refractivity contribution < 1.29 is 21.2 Å². The summed E-state index contributed by atoms with van der Waals surface area (Å²) in [6, 6.07) is 29.7. The summed E-state index contributed by atoms with van der Waals surface area (Å²) >= 11 is 0. The average Bonchev–Trinajstić information content (AvgIpc) is 3.50. The van der Waals surface area contributed by atoms with Crippen LogP contribution in [0, 0.1) is 34.6 Å². The summed E-state index contributed by atoms with van der Waals surface area (Å²) in [5.41, 5.74) is 28.1. The van der Waals surface area contributed by atoms with E-state index in [0.717, 1.165) is 74.7 Å². The monoisotopic (exact) mass is 752 g/mol. The number of allylic oxidation sites excluding steroid dienone is 2. The zero-order chi connectivity index (χ0) is 37.9. The molecule has 286 valence electrons. The topological polar surface area (TPSA) is 25.3 Å². The van der Waals surface area contributed by atoms with Gasteiger partial charge in [0.05, 0.1) is 0 Å². The second kappa shape index (κ2) is 24.7. The van der Waals surface area contributed by atoms with Crippen LogP contribution in [0.2, 0.25) is 0 Å². The van der Waals surface area contributed by atoms with Crippen LogP contribution in [0.15, 0.2) is 96.6 Å². The molecule has 0 spiro atoms. The molecule has 0 saturated heterocycles. The van der Waals surface area contributed by atoms with Crippen molar-refractivity contribution in [1.82, 2.24) is 0 Å². The van der Waals surface area contributed by atoms with Crippen LogP contribution in [0.1, 0.15) is 135 Å². The minimum Gasteiger partial charge on any atom is -0.493 e. The van der Waals surface area contributed by atoms with Gasteiger partial charge in [-0.05, 0) is 111 Å². The Balaban J connectivity index is 0.000000466. The maximum absolute atomic E-state index is 11.7. The Labute approximate surface area is 334 Å². The largest absolute Gasteiger partial charge is 2.00 e. The summed E-state index contributed by atoms with van der Waals surface area (Å²) < 4.78 is 1.50. The van der Waals surface area contributed by atoms with Crippen molar-refractivity contribution >= 4 is 11.4 Å². The van der Waals surface area contributed by atoms with Crippen molar-refractivity contribution in [2.75, 3.05) is 0 Å². The van der Waals surface area contributed by atoms with Crippen molar-refractivity contribution in [1.29, 1.82) is 0 Å². The summed E-state index contributed by atoms with van der Waals surface area (Å²) in [7, 11) is 0. The van der Waals surface area contributed by atoms with E-state index in [1.165, 1.54) is 80.5 Å². The fraction of sp³-hybridized carbons (Fsp3) is 0.400. The Morgan fingerprint density at radius 2 is 1.06 bits per heavy atom. The van der Waals surface area contributed by atoms with E-state index in [1.54, 1.807) is 5.56 Å². The smallest absolute Gasteiger partial charge is 0.493 e. The van der Waals surface area contributed by atoms with E-state index in [2.05, 4.69) is 117 Å². The minimum absolute atomic E-state index is 0. The molecule has 1 aliphatic rings. The van der Waals surface area contributed by atoms with Crippen molar-refractivity contribution in [3.8, 4) is 0 Å². The molecule has 4 aromatic carbocycles. The van der Waals surface area contributed by atoms with E-state index in [0.29, 0.717) is 0 Å². The van der Waals surface area contributed by atoms with Crippen molar-refractivity contribution in [3.05, 3.63) is 172 Å². The van der Waals surface area contributed by atoms with Crippen LogP contribution in [-0.2, 0) is 48.6 Å². The van der Waals surface area contributed by atoms with Gasteiger partial charge < -0.3 is 19.4 Å². The first-order valence-electron chi connectivity index (χ1n) is 20.1. The third kappa shape index (κ3) is 13.7. The fourth-order valence-corrected chi connectivity index (χ4v) is 6.96. The summed E-state index contributed by atoms with van der Waals surface area (Å²) in [5, 5.41) is 0. The molecule has 0 fully saturated rings. The Morgan fingerprint density at radius 3 is 1.47 bits per heavy atom. The standard InChI is InChI=1S/C34H48N2.2C8H9.Ni/c1-8-12-13-14-18-29-23-33(30-19-24(5)26(7)25(6)20-30)36(35)34(29)31-21-27(15-9-2)32(17-11-4)28(22-31)16-10-3;2*1-2-8-6-4-3-5-7-8;/h19-23H,8-18H2,1-7H3;2*3-7H,1-2H2;/q;2*-1;+2. The van der Waals surface area contributed by atoms with Crippen LogP contribution in [0.4, 0.5) is 0 Å². The number of aryl methyl sites for hydroxylation is 4. The zero-order valence-electron chi connectivity index (χ0n) is 34.0. The first-order chi connectivity index (χ1) is 25.2. The third-order valence-electron chi connectivity index (χ3n) is 10.1. The Kier molecular flexibility index (Phi) is 21.3. The van der Waals surface area contributed by atoms with Gasteiger partial charge in [0, 0.05) is 22.8 Å².